The largest absolute Gasteiger partial charge is 0.458 e. The molecular formula is C28H34FNO5S. The average Bonchev–Trinajstić information content (AvgIpc) is 2.86. The average molecular weight is 516 g/mol. The summed E-state index contributed by atoms with van der Waals surface area (Å²) in [5.74, 6) is -0.689. The van der Waals surface area contributed by atoms with Crippen LogP contribution in [0.25, 0.3) is 0 Å². The van der Waals surface area contributed by atoms with E-state index in [2.05, 4.69) is 13.5 Å². The second-order valence-electron chi connectivity index (χ2n) is 8.86. The number of nitrogens with zero attached hydrogens (tertiary/aromatic N) is 1. The summed E-state index contributed by atoms with van der Waals surface area (Å²) in [6, 6.07) is 13.4. The number of hydrogen-bond acceptors (Lipinski definition) is 5. The molecule has 0 N–H and O–H groups in total. The second kappa shape index (κ2) is 13.5. The Kier molecular flexibility index (Phi) is 10.4. The molecule has 1 fully saturated rings. The van der Waals surface area contributed by atoms with Gasteiger partial charge < -0.3 is 14.4 Å². The van der Waals surface area contributed by atoms with Gasteiger partial charge in [0.25, 0.3) is 0 Å². The highest BCUT2D eigenvalue weighted by atomic mass is 32.2. The molecule has 0 spiro atoms. The molecule has 0 aliphatic carbocycles. The fourth-order valence-electron chi connectivity index (χ4n) is 4.19. The van der Waals surface area contributed by atoms with Crippen LogP contribution in [0.2, 0.25) is 0 Å². The van der Waals surface area contributed by atoms with E-state index in [1.807, 2.05) is 6.07 Å². The van der Waals surface area contributed by atoms with Crippen LogP contribution in [0.1, 0.15) is 66.9 Å². The zero-order valence-electron chi connectivity index (χ0n) is 20.9. The van der Waals surface area contributed by atoms with Gasteiger partial charge in [-0.2, -0.15) is 0 Å². The summed E-state index contributed by atoms with van der Waals surface area (Å²) in [4.78, 5) is 25.8. The van der Waals surface area contributed by atoms with Crippen molar-refractivity contribution < 1.29 is 27.7 Å². The van der Waals surface area contributed by atoms with Gasteiger partial charge in [-0.1, -0.05) is 62.8 Å². The van der Waals surface area contributed by atoms with E-state index in [0.29, 0.717) is 11.1 Å². The Morgan fingerprint density at radius 1 is 1.25 bits per heavy atom. The lowest BCUT2D eigenvalue weighted by atomic mass is 9.94. The standard InChI is InChI=1S/C28H34FNO5S/c1-4-6-9-23(24-10-7-8-11-25(24)29)18-35-20(3)30-26(31)17-27(30)36(33)19-21-12-14-22(15-13-21)28(32)34-16-5-2/h5,7-8,10-15,20,23,27H,2,4,6,9,16-19H2,1,3H3. The van der Waals surface area contributed by atoms with E-state index < -0.39 is 28.4 Å². The van der Waals surface area contributed by atoms with Crippen molar-refractivity contribution in [3.8, 4) is 0 Å². The van der Waals surface area contributed by atoms with Crippen LogP contribution < -0.4 is 0 Å². The highest BCUT2D eigenvalue weighted by Gasteiger charge is 2.43. The quantitative estimate of drug-likeness (QED) is 0.194. The SMILES string of the molecule is C=CCOC(=O)c1ccc(CS(=O)C2CC(=O)N2C(C)OCC(CCCC)c2ccccc2F)cc1. The molecule has 0 radical (unpaired) electrons. The van der Waals surface area contributed by atoms with Gasteiger partial charge in [-0.05, 0) is 42.7 Å². The summed E-state index contributed by atoms with van der Waals surface area (Å²) >= 11 is 0. The number of esters is 1. The molecule has 1 amide bonds. The number of carbonyl (C=O) groups is 2. The summed E-state index contributed by atoms with van der Waals surface area (Å²) in [6.45, 7) is 7.77. The van der Waals surface area contributed by atoms with E-state index >= 15 is 0 Å². The fraction of sp³-hybridized carbons (Fsp3) is 0.429. The van der Waals surface area contributed by atoms with Crippen LogP contribution in [0.5, 0.6) is 0 Å². The van der Waals surface area contributed by atoms with Crippen LogP contribution in [0.15, 0.2) is 61.2 Å². The van der Waals surface area contributed by atoms with Gasteiger partial charge >= 0.3 is 5.97 Å². The number of amides is 1. The van der Waals surface area contributed by atoms with Crippen molar-refractivity contribution in [2.45, 2.75) is 62.8 Å². The van der Waals surface area contributed by atoms with Crippen molar-refractivity contribution in [2.75, 3.05) is 13.2 Å². The Morgan fingerprint density at radius 2 is 1.97 bits per heavy atom. The molecule has 2 aromatic carbocycles. The van der Waals surface area contributed by atoms with E-state index in [9.17, 15) is 18.2 Å². The summed E-state index contributed by atoms with van der Waals surface area (Å²) < 4.78 is 38.5. The summed E-state index contributed by atoms with van der Waals surface area (Å²) in [7, 11) is -1.35. The van der Waals surface area contributed by atoms with E-state index in [0.717, 1.165) is 24.8 Å². The summed E-state index contributed by atoms with van der Waals surface area (Å²) in [6.07, 6.45) is 3.83. The summed E-state index contributed by atoms with van der Waals surface area (Å²) in [5.41, 5.74) is 1.81. The fourth-order valence-corrected chi connectivity index (χ4v) is 5.78. The smallest absolute Gasteiger partial charge is 0.338 e. The molecular weight excluding hydrogens is 481 g/mol. The summed E-state index contributed by atoms with van der Waals surface area (Å²) in [5, 5.41) is -0.452. The van der Waals surface area contributed by atoms with Gasteiger partial charge in [0.1, 0.15) is 24.0 Å². The number of carbonyl (C=O) groups excluding carboxylic acids is 2. The molecule has 194 valence electrons. The Hall–Kier alpha value is -2.84. The number of hydrogen-bond donors (Lipinski definition) is 0. The van der Waals surface area contributed by atoms with E-state index in [1.54, 1.807) is 43.3 Å². The first-order valence-electron chi connectivity index (χ1n) is 12.3. The predicted octanol–water partition coefficient (Wildman–Crippen LogP) is 5.31. The van der Waals surface area contributed by atoms with Crippen molar-refractivity contribution in [2.24, 2.45) is 0 Å². The van der Waals surface area contributed by atoms with Gasteiger partial charge in [0.05, 0.1) is 24.3 Å². The van der Waals surface area contributed by atoms with Gasteiger partial charge in [0, 0.05) is 16.7 Å². The minimum absolute atomic E-state index is 0.114. The Labute approximate surface area is 214 Å². The van der Waals surface area contributed by atoms with Crippen LogP contribution in [-0.2, 0) is 30.8 Å². The maximum atomic E-state index is 14.4. The zero-order valence-corrected chi connectivity index (χ0v) is 21.7. The van der Waals surface area contributed by atoms with E-state index in [-0.39, 0.29) is 43.0 Å². The van der Waals surface area contributed by atoms with Gasteiger partial charge in [-0.3, -0.25) is 9.00 Å². The van der Waals surface area contributed by atoms with Crippen molar-refractivity contribution in [1.82, 2.24) is 4.90 Å². The Balaban J connectivity index is 1.58. The number of unbranched alkanes of at least 4 members (excludes halogenated alkanes) is 1. The molecule has 8 heteroatoms. The minimum Gasteiger partial charge on any atom is -0.458 e. The normalized spacial score (nSPS) is 17.7. The molecule has 1 heterocycles. The van der Waals surface area contributed by atoms with Crippen LogP contribution in [0.4, 0.5) is 4.39 Å². The Bertz CT molecular complexity index is 1070. The third-order valence-electron chi connectivity index (χ3n) is 6.26. The topological polar surface area (TPSA) is 72.9 Å². The van der Waals surface area contributed by atoms with Crippen molar-refractivity contribution >= 4 is 22.7 Å². The van der Waals surface area contributed by atoms with Crippen molar-refractivity contribution in [3.05, 3.63) is 83.7 Å². The predicted molar refractivity (Wildman–Crippen MR) is 138 cm³/mol. The lowest BCUT2D eigenvalue weighted by Crippen LogP contribution is -2.59. The first-order chi connectivity index (χ1) is 17.3. The van der Waals surface area contributed by atoms with Crippen LogP contribution >= 0.6 is 0 Å². The maximum absolute atomic E-state index is 14.4. The maximum Gasteiger partial charge on any atom is 0.338 e. The minimum atomic E-state index is -1.35. The number of likely N-dealkylation sites (tertiary alicyclic amines) is 1. The first kappa shape index (κ1) is 27.7. The third kappa shape index (κ3) is 7.11. The molecule has 1 aliphatic heterocycles. The molecule has 2 aromatic rings. The molecule has 0 saturated carbocycles. The van der Waals surface area contributed by atoms with E-state index in [1.165, 1.54) is 17.0 Å². The highest BCUT2D eigenvalue weighted by molar-refractivity contribution is 7.85. The first-order valence-corrected chi connectivity index (χ1v) is 13.6. The molecule has 36 heavy (non-hydrogen) atoms. The number of ether oxygens (including phenoxy) is 2. The lowest BCUT2D eigenvalue weighted by molar-refractivity contribution is -0.161. The number of rotatable bonds is 14. The lowest BCUT2D eigenvalue weighted by Gasteiger charge is -2.43. The molecule has 1 aliphatic rings. The molecule has 4 unspecified atom stereocenters. The monoisotopic (exact) mass is 515 g/mol. The highest BCUT2D eigenvalue weighted by Crippen LogP contribution is 2.30. The number of benzene rings is 2. The van der Waals surface area contributed by atoms with Crippen LogP contribution in [0, 0.1) is 5.82 Å². The van der Waals surface area contributed by atoms with Gasteiger partial charge in [-0.25, -0.2) is 9.18 Å². The number of halogens is 1. The molecule has 1 saturated heterocycles. The number of β-lactam (4-membered cyclic amide) rings is 1. The molecule has 4 atom stereocenters. The molecule has 0 bridgehead atoms. The molecule has 6 nitrogen and oxygen atoms in total. The van der Waals surface area contributed by atoms with Gasteiger partial charge in [0.2, 0.25) is 5.91 Å². The second-order valence-corrected chi connectivity index (χ2v) is 10.5. The third-order valence-corrected chi connectivity index (χ3v) is 7.88. The van der Waals surface area contributed by atoms with Crippen molar-refractivity contribution in [1.29, 1.82) is 0 Å². The van der Waals surface area contributed by atoms with Gasteiger partial charge in [-0.15, -0.1) is 0 Å². The van der Waals surface area contributed by atoms with Crippen LogP contribution in [-0.4, -0.2) is 45.8 Å². The van der Waals surface area contributed by atoms with Crippen molar-refractivity contribution in [3.63, 3.8) is 0 Å². The van der Waals surface area contributed by atoms with Crippen LogP contribution in [0.3, 0.4) is 0 Å². The molecule has 0 aromatic heterocycles. The Morgan fingerprint density at radius 3 is 2.61 bits per heavy atom. The van der Waals surface area contributed by atoms with E-state index in [4.69, 9.17) is 9.47 Å². The molecule has 3 rings (SSSR count). The van der Waals surface area contributed by atoms with Gasteiger partial charge in [0.15, 0.2) is 0 Å². The zero-order chi connectivity index (χ0) is 26.1.